The topological polar surface area (TPSA) is 74.1 Å². The minimum absolute atomic E-state index is 0.00177. The summed E-state index contributed by atoms with van der Waals surface area (Å²) in [6, 6.07) is 6.58. The highest BCUT2D eigenvalue weighted by molar-refractivity contribution is 6.31. The van der Waals surface area contributed by atoms with Gasteiger partial charge in [0.1, 0.15) is 0 Å². The van der Waals surface area contributed by atoms with Crippen LogP contribution in [0.5, 0.6) is 0 Å². The minimum Gasteiger partial charge on any atom is -0.350 e. The van der Waals surface area contributed by atoms with Crippen LogP contribution < -0.4 is 5.73 Å². The van der Waals surface area contributed by atoms with Crippen molar-refractivity contribution in [2.75, 3.05) is 0 Å². The molecule has 0 spiro atoms. The highest BCUT2D eigenvalue weighted by atomic mass is 35.5. The van der Waals surface area contributed by atoms with E-state index in [2.05, 4.69) is 6.92 Å². The number of rotatable bonds is 6. The van der Waals surface area contributed by atoms with Gasteiger partial charge in [0.05, 0.1) is 9.95 Å². The Hall–Kier alpha value is -1.85. The molecule has 2 rings (SSSR count). The molecule has 6 heteroatoms. The second-order valence-corrected chi connectivity index (χ2v) is 5.45. The Bertz CT molecular complexity index is 640. The minimum atomic E-state index is -0.451. The van der Waals surface area contributed by atoms with Crippen LogP contribution in [0.2, 0.25) is 5.02 Å². The lowest BCUT2D eigenvalue weighted by atomic mass is 10.1. The predicted octanol–water partition coefficient (Wildman–Crippen LogP) is 3.90. The average molecular weight is 308 g/mol. The molecule has 1 aromatic heterocycles. The first kappa shape index (κ1) is 15.5. The van der Waals surface area contributed by atoms with Gasteiger partial charge in [-0.25, -0.2) is 0 Å². The van der Waals surface area contributed by atoms with E-state index >= 15 is 0 Å². The first-order valence-corrected chi connectivity index (χ1v) is 7.23. The molecular weight excluding hydrogens is 290 g/mol. The van der Waals surface area contributed by atoms with Crippen molar-refractivity contribution in [2.24, 2.45) is 5.73 Å². The van der Waals surface area contributed by atoms with Crippen molar-refractivity contribution in [2.45, 2.75) is 32.4 Å². The Morgan fingerprint density at radius 2 is 2.19 bits per heavy atom. The SMILES string of the molecule is CCCC(N)c1ccn(Cc2ccc([N+](=O)[O-])cc2Cl)c1. The summed E-state index contributed by atoms with van der Waals surface area (Å²) < 4.78 is 1.98. The second-order valence-electron chi connectivity index (χ2n) is 5.05. The molecule has 2 aromatic rings. The molecule has 0 aliphatic heterocycles. The summed E-state index contributed by atoms with van der Waals surface area (Å²) in [5.41, 5.74) is 8.02. The number of benzene rings is 1. The Morgan fingerprint density at radius 3 is 2.81 bits per heavy atom. The molecule has 0 saturated carbocycles. The van der Waals surface area contributed by atoms with Crippen LogP contribution in [0.4, 0.5) is 5.69 Å². The number of halogens is 1. The van der Waals surface area contributed by atoms with Crippen molar-refractivity contribution in [3.8, 4) is 0 Å². The number of nitro groups is 1. The summed E-state index contributed by atoms with van der Waals surface area (Å²) in [6.45, 7) is 2.67. The molecular formula is C15H18ClN3O2. The summed E-state index contributed by atoms with van der Waals surface area (Å²) in [5, 5.41) is 11.1. The third-order valence-corrected chi connectivity index (χ3v) is 3.75. The second kappa shape index (κ2) is 6.74. The Labute approximate surface area is 128 Å². The van der Waals surface area contributed by atoms with Crippen LogP contribution in [0, 0.1) is 10.1 Å². The van der Waals surface area contributed by atoms with Crippen molar-refractivity contribution in [1.82, 2.24) is 4.57 Å². The van der Waals surface area contributed by atoms with E-state index in [1.165, 1.54) is 12.1 Å². The van der Waals surface area contributed by atoms with Crippen molar-refractivity contribution >= 4 is 17.3 Å². The highest BCUT2D eigenvalue weighted by Gasteiger charge is 2.11. The van der Waals surface area contributed by atoms with Crippen LogP contribution >= 0.6 is 11.6 Å². The number of hydrogen-bond acceptors (Lipinski definition) is 3. The fourth-order valence-electron chi connectivity index (χ4n) is 2.23. The van der Waals surface area contributed by atoms with Gasteiger partial charge in [-0.15, -0.1) is 0 Å². The molecule has 0 bridgehead atoms. The maximum Gasteiger partial charge on any atom is 0.270 e. The van der Waals surface area contributed by atoms with Crippen molar-refractivity contribution in [3.05, 3.63) is 62.9 Å². The van der Waals surface area contributed by atoms with E-state index in [0.29, 0.717) is 11.6 Å². The molecule has 21 heavy (non-hydrogen) atoms. The van der Waals surface area contributed by atoms with E-state index in [0.717, 1.165) is 24.0 Å². The van der Waals surface area contributed by atoms with Crippen molar-refractivity contribution in [1.29, 1.82) is 0 Å². The fourth-order valence-corrected chi connectivity index (χ4v) is 2.46. The molecule has 112 valence electrons. The molecule has 0 saturated heterocycles. The van der Waals surface area contributed by atoms with Gasteiger partial charge in [-0.1, -0.05) is 24.9 Å². The van der Waals surface area contributed by atoms with Gasteiger partial charge in [-0.05, 0) is 29.7 Å². The molecule has 0 radical (unpaired) electrons. The number of aromatic nitrogens is 1. The lowest BCUT2D eigenvalue weighted by Gasteiger charge is -2.08. The summed E-state index contributed by atoms with van der Waals surface area (Å²) in [7, 11) is 0. The molecule has 0 aliphatic rings. The van der Waals surface area contributed by atoms with Gasteiger partial charge in [0.25, 0.3) is 5.69 Å². The van der Waals surface area contributed by atoms with E-state index in [4.69, 9.17) is 17.3 Å². The summed E-state index contributed by atoms with van der Waals surface area (Å²) in [5.74, 6) is 0. The van der Waals surface area contributed by atoms with Crippen LogP contribution in [0.1, 0.15) is 36.9 Å². The summed E-state index contributed by atoms with van der Waals surface area (Å²) >= 11 is 6.10. The molecule has 5 nitrogen and oxygen atoms in total. The Kier molecular flexibility index (Phi) is 4.98. The first-order valence-electron chi connectivity index (χ1n) is 6.85. The molecule has 2 N–H and O–H groups in total. The molecule has 1 aromatic carbocycles. The van der Waals surface area contributed by atoms with Crippen LogP contribution in [-0.4, -0.2) is 9.49 Å². The first-order chi connectivity index (χ1) is 10.0. The van der Waals surface area contributed by atoms with E-state index < -0.39 is 4.92 Å². The highest BCUT2D eigenvalue weighted by Crippen LogP contribution is 2.24. The largest absolute Gasteiger partial charge is 0.350 e. The van der Waals surface area contributed by atoms with Gasteiger partial charge in [0.15, 0.2) is 0 Å². The zero-order valence-electron chi connectivity index (χ0n) is 11.8. The quantitative estimate of drug-likeness (QED) is 0.649. The third-order valence-electron chi connectivity index (χ3n) is 3.40. The maximum absolute atomic E-state index is 10.7. The van der Waals surface area contributed by atoms with Gasteiger partial charge < -0.3 is 10.3 Å². The van der Waals surface area contributed by atoms with E-state index in [1.807, 2.05) is 23.0 Å². The van der Waals surface area contributed by atoms with E-state index in [9.17, 15) is 10.1 Å². The maximum atomic E-state index is 10.7. The average Bonchev–Trinajstić information content (AvgIpc) is 2.90. The number of nitrogens with two attached hydrogens (primary N) is 1. The normalized spacial score (nSPS) is 12.3. The molecule has 0 aliphatic carbocycles. The molecule has 0 fully saturated rings. The van der Waals surface area contributed by atoms with Crippen molar-refractivity contribution < 1.29 is 4.92 Å². The zero-order chi connectivity index (χ0) is 15.4. The standard InChI is InChI=1S/C15H18ClN3O2/c1-2-3-15(17)12-6-7-18(10-12)9-11-4-5-13(19(20)21)8-14(11)16/h4-8,10,15H,2-3,9,17H2,1H3. The summed E-state index contributed by atoms with van der Waals surface area (Å²) in [6.07, 6.45) is 5.93. The lowest BCUT2D eigenvalue weighted by molar-refractivity contribution is -0.384. The lowest BCUT2D eigenvalue weighted by Crippen LogP contribution is -2.08. The molecule has 1 atom stereocenters. The van der Waals surface area contributed by atoms with Gasteiger partial charge in [0.2, 0.25) is 0 Å². The van der Waals surface area contributed by atoms with Crippen LogP contribution in [0.25, 0.3) is 0 Å². The summed E-state index contributed by atoms with van der Waals surface area (Å²) in [4.78, 5) is 10.2. The number of nitrogens with zero attached hydrogens (tertiary/aromatic N) is 2. The van der Waals surface area contributed by atoms with Crippen LogP contribution in [0.15, 0.2) is 36.7 Å². The van der Waals surface area contributed by atoms with E-state index in [1.54, 1.807) is 6.07 Å². The third kappa shape index (κ3) is 3.83. The number of non-ortho nitro benzene ring substituents is 1. The van der Waals surface area contributed by atoms with Crippen LogP contribution in [0.3, 0.4) is 0 Å². The van der Waals surface area contributed by atoms with Gasteiger partial charge in [0, 0.05) is 37.1 Å². The van der Waals surface area contributed by atoms with Crippen molar-refractivity contribution in [3.63, 3.8) is 0 Å². The van der Waals surface area contributed by atoms with Gasteiger partial charge in [-0.3, -0.25) is 10.1 Å². The Balaban J connectivity index is 2.13. The number of nitro benzene ring substituents is 1. The van der Waals surface area contributed by atoms with Crippen LogP contribution in [-0.2, 0) is 6.54 Å². The smallest absolute Gasteiger partial charge is 0.270 e. The predicted molar refractivity (Wildman–Crippen MR) is 83.5 cm³/mol. The van der Waals surface area contributed by atoms with E-state index in [-0.39, 0.29) is 11.7 Å². The van der Waals surface area contributed by atoms with Gasteiger partial charge >= 0.3 is 0 Å². The fraction of sp³-hybridized carbons (Fsp3) is 0.333. The number of hydrogen-bond donors (Lipinski definition) is 1. The monoisotopic (exact) mass is 307 g/mol. The molecule has 0 amide bonds. The van der Waals surface area contributed by atoms with Gasteiger partial charge in [-0.2, -0.15) is 0 Å². The molecule has 1 unspecified atom stereocenters. The zero-order valence-corrected chi connectivity index (χ0v) is 12.6. The Morgan fingerprint density at radius 1 is 1.43 bits per heavy atom. The molecule has 1 heterocycles.